The molecule has 1 N–H and O–H groups in total. The molecule has 1 heterocycles. The number of aromatic nitrogens is 2. The number of carboxylic acid groups (broad SMARTS) is 1. The highest BCUT2D eigenvalue weighted by molar-refractivity contribution is 5.88. The molecule has 0 fully saturated rings. The molecule has 4 heteroatoms. The average molecular weight is 276 g/mol. The van der Waals surface area contributed by atoms with Crippen molar-refractivity contribution >= 4 is 5.97 Å². The molecule has 21 heavy (non-hydrogen) atoms. The summed E-state index contributed by atoms with van der Waals surface area (Å²) in [7, 11) is 0. The van der Waals surface area contributed by atoms with Crippen molar-refractivity contribution in [2.45, 2.75) is 0 Å². The van der Waals surface area contributed by atoms with E-state index >= 15 is 0 Å². The van der Waals surface area contributed by atoms with E-state index in [0.717, 1.165) is 22.5 Å². The molecular weight excluding hydrogens is 264 g/mol. The van der Waals surface area contributed by atoms with Crippen LogP contribution in [0, 0.1) is 0 Å². The lowest BCUT2D eigenvalue weighted by molar-refractivity contribution is 0.0697. The largest absolute Gasteiger partial charge is 0.478 e. The molecule has 0 saturated carbocycles. The summed E-state index contributed by atoms with van der Waals surface area (Å²) >= 11 is 0. The number of nitrogens with zero attached hydrogens (tertiary/aromatic N) is 2. The fourth-order valence-electron chi connectivity index (χ4n) is 2.07. The van der Waals surface area contributed by atoms with Crippen LogP contribution in [0.5, 0.6) is 0 Å². The number of carboxylic acids is 1. The molecule has 0 aliphatic carbocycles. The Hall–Kier alpha value is -3.01. The van der Waals surface area contributed by atoms with E-state index in [1.807, 2.05) is 36.4 Å². The Labute approximate surface area is 121 Å². The van der Waals surface area contributed by atoms with Crippen LogP contribution in [0.25, 0.3) is 22.5 Å². The SMILES string of the molecule is O=C(O)c1ccc(-c2cc(-c3ccccc3)ncn2)cc1. The number of carbonyl (C=O) groups is 1. The van der Waals surface area contributed by atoms with E-state index in [9.17, 15) is 4.79 Å². The third-order valence-electron chi connectivity index (χ3n) is 3.16. The highest BCUT2D eigenvalue weighted by Gasteiger charge is 2.06. The van der Waals surface area contributed by atoms with Gasteiger partial charge in [-0.3, -0.25) is 0 Å². The lowest BCUT2D eigenvalue weighted by Gasteiger charge is -2.04. The first-order chi connectivity index (χ1) is 10.2. The smallest absolute Gasteiger partial charge is 0.335 e. The second-order valence-corrected chi connectivity index (χ2v) is 4.54. The molecule has 0 radical (unpaired) electrons. The lowest BCUT2D eigenvalue weighted by Crippen LogP contribution is -1.95. The summed E-state index contributed by atoms with van der Waals surface area (Å²) < 4.78 is 0. The van der Waals surface area contributed by atoms with Crippen molar-refractivity contribution in [3.8, 4) is 22.5 Å². The molecule has 102 valence electrons. The molecule has 3 rings (SSSR count). The van der Waals surface area contributed by atoms with Crippen molar-refractivity contribution < 1.29 is 9.90 Å². The van der Waals surface area contributed by atoms with E-state index in [1.54, 1.807) is 24.3 Å². The van der Waals surface area contributed by atoms with Gasteiger partial charge in [0, 0.05) is 11.1 Å². The van der Waals surface area contributed by atoms with Crippen LogP contribution in [-0.2, 0) is 0 Å². The topological polar surface area (TPSA) is 63.1 Å². The van der Waals surface area contributed by atoms with Crippen LogP contribution in [0.15, 0.2) is 67.0 Å². The first-order valence-corrected chi connectivity index (χ1v) is 6.45. The molecule has 0 amide bonds. The fraction of sp³-hybridized carbons (Fsp3) is 0. The zero-order valence-electron chi connectivity index (χ0n) is 11.1. The second-order valence-electron chi connectivity index (χ2n) is 4.54. The first kappa shape index (κ1) is 13.0. The van der Waals surface area contributed by atoms with Crippen LogP contribution in [0.3, 0.4) is 0 Å². The molecule has 0 aliphatic heterocycles. The Kier molecular flexibility index (Phi) is 3.43. The van der Waals surface area contributed by atoms with Gasteiger partial charge in [-0.25, -0.2) is 14.8 Å². The summed E-state index contributed by atoms with van der Waals surface area (Å²) in [6.07, 6.45) is 1.52. The molecule has 0 saturated heterocycles. The van der Waals surface area contributed by atoms with Gasteiger partial charge in [0.1, 0.15) is 6.33 Å². The van der Waals surface area contributed by atoms with Crippen molar-refractivity contribution in [3.63, 3.8) is 0 Å². The number of rotatable bonds is 3. The van der Waals surface area contributed by atoms with E-state index in [2.05, 4.69) is 9.97 Å². The summed E-state index contributed by atoms with van der Waals surface area (Å²) in [4.78, 5) is 19.4. The highest BCUT2D eigenvalue weighted by atomic mass is 16.4. The van der Waals surface area contributed by atoms with Crippen LogP contribution in [0.4, 0.5) is 0 Å². The molecule has 0 spiro atoms. The van der Waals surface area contributed by atoms with Crippen LogP contribution in [0.2, 0.25) is 0 Å². The molecule has 1 aromatic heterocycles. The Morgan fingerprint density at radius 1 is 0.810 bits per heavy atom. The van der Waals surface area contributed by atoms with E-state index in [-0.39, 0.29) is 5.56 Å². The number of benzene rings is 2. The van der Waals surface area contributed by atoms with Crippen LogP contribution in [0.1, 0.15) is 10.4 Å². The Morgan fingerprint density at radius 2 is 1.38 bits per heavy atom. The summed E-state index contributed by atoms with van der Waals surface area (Å²) in [6.45, 7) is 0. The Balaban J connectivity index is 1.98. The minimum Gasteiger partial charge on any atom is -0.478 e. The highest BCUT2D eigenvalue weighted by Crippen LogP contribution is 2.22. The average Bonchev–Trinajstić information content (AvgIpc) is 2.56. The van der Waals surface area contributed by atoms with Crippen LogP contribution < -0.4 is 0 Å². The molecule has 0 bridgehead atoms. The maximum atomic E-state index is 10.9. The summed E-state index contributed by atoms with van der Waals surface area (Å²) in [6, 6.07) is 18.4. The van der Waals surface area contributed by atoms with Crippen molar-refractivity contribution in [1.29, 1.82) is 0 Å². The van der Waals surface area contributed by atoms with Gasteiger partial charge in [0.25, 0.3) is 0 Å². The minimum absolute atomic E-state index is 0.260. The second kappa shape index (κ2) is 5.54. The quantitative estimate of drug-likeness (QED) is 0.795. The first-order valence-electron chi connectivity index (χ1n) is 6.45. The summed E-state index contributed by atoms with van der Waals surface area (Å²) in [5.41, 5.74) is 3.74. The third-order valence-corrected chi connectivity index (χ3v) is 3.16. The number of aromatic carboxylic acids is 1. The third kappa shape index (κ3) is 2.79. The molecular formula is C17H12N2O2. The zero-order chi connectivity index (χ0) is 14.7. The van der Waals surface area contributed by atoms with Crippen molar-refractivity contribution in [2.75, 3.05) is 0 Å². The summed E-state index contributed by atoms with van der Waals surface area (Å²) in [5.74, 6) is -0.936. The van der Waals surface area contributed by atoms with Gasteiger partial charge in [-0.1, -0.05) is 42.5 Å². The monoisotopic (exact) mass is 276 g/mol. The maximum Gasteiger partial charge on any atom is 0.335 e. The number of hydrogen-bond acceptors (Lipinski definition) is 3. The normalized spacial score (nSPS) is 10.3. The Morgan fingerprint density at radius 3 is 1.95 bits per heavy atom. The van der Waals surface area contributed by atoms with Crippen molar-refractivity contribution in [3.05, 3.63) is 72.6 Å². The van der Waals surface area contributed by atoms with Crippen molar-refractivity contribution in [2.24, 2.45) is 0 Å². The van der Waals surface area contributed by atoms with Gasteiger partial charge in [-0.2, -0.15) is 0 Å². The van der Waals surface area contributed by atoms with Gasteiger partial charge >= 0.3 is 5.97 Å². The standard InChI is InChI=1S/C17H12N2O2/c20-17(21)14-8-6-13(7-9-14)16-10-15(18-11-19-16)12-4-2-1-3-5-12/h1-11H,(H,20,21). The van der Waals surface area contributed by atoms with Gasteiger partial charge in [-0.05, 0) is 18.2 Å². The van der Waals surface area contributed by atoms with Gasteiger partial charge in [0.2, 0.25) is 0 Å². The maximum absolute atomic E-state index is 10.9. The predicted octanol–water partition coefficient (Wildman–Crippen LogP) is 3.51. The molecule has 0 unspecified atom stereocenters. The van der Waals surface area contributed by atoms with E-state index < -0.39 is 5.97 Å². The fourth-order valence-corrected chi connectivity index (χ4v) is 2.07. The lowest BCUT2D eigenvalue weighted by atomic mass is 10.1. The van der Waals surface area contributed by atoms with Crippen molar-refractivity contribution in [1.82, 2.24) is 9.97 Å². The van der Waals surface area contributed by atoms with Gasteiger partial charge in [0.05, 0.1) is 17.0 Å². The molecule has 3 aromatic rings. The van der Waals surface area contributed by atoms with Gasteiger partial charge in [-0.15, -0.1) is 0 Å². The van der Waals surface area contributed by atoms with Gasteiger partial charge < -0.3 is 5.11 Å². The van der Waals surface area contributed by atoms with E-state index in [1.165, 1.54) is 6.33 Å². The minimum atomic E-state index is -0.936. The number of hydrogen-bond donors (Lipinski definition) is 1. The van der Waals surface area contributed by atoms with E-state index in [0.29, 0.717) is 0 Å². The zero-order valence-corrected chi connectivity index (χ0v) is 11.1. The van der Waals surface area contributed by atoms with E-state index in [4.69, 9.17) is 5.11 Å². The Bertz CT molecular complexity index is 768. The molecule has 0 aliphatic rings. The van der Waals surface area contributed by atoms with Crippen LogP contribution in [-0.4, -0.2) is 21.0 Å². The molecule has 4 nitrogen and oxygen atoms in total. The van der Waals surface area contributed by atoms with Crippen LogP contribution >= 0.6 is 0 Å². The molecule has 0 atom stereocenters. The molecule has 2 aromatic carbocycles. The predicted molar refractivity (Wildman–Crippen MR) is 79.9 cm³/mol. The van der Waals surface area contributed by atoms with Gasteiger partial charge in [0.15, 0.2) is 0 Å². The summed E-state index contributed by atoms with van der Waals surface area (Å²) in [5, 5.41) is 8.91.